The summed E-state index contributed by atoms with van der Waals surface area (Å²) in [4.78, 5) is 18.4. The number of sulfone groups is 1. The minimum Gasteiger partial charge on any atom is -0.497 e. The molecule has 2 aromatic heterocycles. The first-order valence-corrected chi connectivity index (χ1v) is 13.7. The number of ether oxygens (including phenoxy) is 1. The van der Waals surface area contributed by atoms with Crippen LogP contribution >= 0.6 is 11.3 Å². The van der Waals surface area contributed by atoms with Gasteiger partial charge in [0.1, 0.15) is 5.75 Å². The molecule has 174 valence electrons. The van der Waals surface area contributed by atoms with E-state index < -0.39 is 9.84 Å². The minimum absolute atomic E-state index is 0.0707. The first-order valence-electron chi connectivity index (χ1n) is 11.0. The normalized spacial score (nSPS) is 20.2. The lowest BCUT2D eigenvalue weighted by Crippen LogP contribution is -2.48. The molecule has 0 aliphatic carbocycles. The van der Waals surface area contributed by atoms with E-state index in [9.17, 15) is 13.2 Å². The van der Waals surface area contributed by atoms with Crippen molar-refractivity contribution >= 4 is 32.8 Å². The van der Waals surface area contributed by atoms with Crippen molar-refractivity contribution in [1.29, 1.82) is 0 Å². The highest BCUT2D eigenvalue weighted by Crippen LogP contribution is 2.32. The molecule has 0 bridgehead atoms. The van der Waals surface area contributed by atoms with E-state index in [1.165, 1.54) is 0 Å². The third-order valence-electron chi connectivity index (χ3n) is 6.29. The molecule has 1 unspecified atom stereocenters. The molecular weight excluding hydrogens is 460 g/mol. The van der Waals surface area contributed by atoms with Gasteiger partial charge in [0.15, 0.2) is 15.5 Å². The van der Waals surface area contributed by atoms with Gasteiger partial charge in [0.2, 0.25) is 0 Å². The van der Waals surface area contributed by atoms with Crippen LogP contribution in [0.4, 0.5) is 5.69 Å². The molecule has 3 aromatic rings. The Morgan fingerprint density at radius 3 is 2.48 bits per heavy atom. The summed E-state index contributed by atoms with van der Waals surface area (Å²) in [5, 5.41) is 6.60. The molecule has 4 heterocycles. The second kappa shape index (κ2) is 8.83. The van der Waals surface area contributed by atoms with E-state index in [0.717, 1.165) is 35.1 Å². The molecule has 5 rings (SSSR count). The molecule has 1 aromatic carbocycles. The van der Waals surface area contributed by atoms with Crippen LogP contribution in [-0.2, 0) is 9.84 Å². The molecule has 33 heavy (non-hydrogen) atoms. The summed E-state index contributed by atoms with van der Waals surface area (Å²) in [6.45, 7) is 2.67. The van der Waals surface area contributed by atoms with Crippen molar-refractivity contribution in [3.8, 4) is 16.3 Å². The van der Waals surface area contributed by atoms with Crippen LogP contribution in [0, 0.1) is 0 Å². The van der Waals surface area contributed by atoms with Crippen molar-refractivity contribution in [1.82, 2.24) is 14.7 Å². The molecule has 8 nitrogen and oxygen atoms in total. The van der Waals surface area contributed by atoms with Gasteiger partial charge < -0.3 is 14.5 Å². The van der Waals surface area contributed by atoms with Crippen molar-refractivity contribution in [3.05, 3.63) is 53.5 Å². The largest absolute Gasteiger partial charge is 0.497 e. The Bertz CT molecular complexity index is 1230. The van der Waals surface area contributed by atoms with Crippen molar-refractivity contribution in [2.75, 3.05) is 49.7 Å². The summed E-state index contributed by atoms with van der Waals surface area (Å²) in [5.74, 6) is 0.945. The zero-order valence-corrected chi connectivity index (χ0v) is 20.0. The Kier molecular flexibility index (Phi) is 5.88. The lowest BCUT2D eigenvalue weighted by Gasteiger charge is -2.35. The van der Waals surface area contributed by atoms with Crippen LogP contribution in [0.15, 0.2) is 47.8 Å². The second-order valence-corrected chi connectivity index (χ2v) is 11.5. The van der Waals surface area contributed by atoms with Crippen molar-refractivity contribution in [2.24, 2.45) is 0 Å². The first kappa shape index (κ1) is 22.0. The van der Waals surface area contributed by atoms with Gasteiger partial charge in [0, 0.05) is 31.9 Å². The van der Waals surface area contributed by atoms with Crippen molar-refractivity contribution < 1.29 is 17.9 Å². The number of rotatable bonds is 5. The summed E-state index contributed by atoms with van der Waals surface area (Å²) in [6, 6.07) is 13.4. The molecule has 0 radical (unpaired) electrons. The van der Waals surface area contributed by atoms with Gasteiger partial charge in [0.05, 0.1) is 35.2 Å². The second-order valence-electron chi connectivity index (χ2n) is 8.37. The summed E-state index contributed by atoms with van der Waals surface area (Å²) in [6.07, 6.45) is 0.524. The molecule has 0 saturated carbocycles. The lowest BCUT2D eigenvalue weighted by atomic mass is 10.2. The highest BCUT2D eigenvalue weighted by atomic mass is 32.2. The maximum atomic E-state index is 13.3. The van der Waals surface area contributed by atoms with E-state index in [0.29, 0.717) is 25.2 Å². The molecular formula is C23H26N4O4S2. The Morgan fingerprint density at radius 1 is 1.12 bits per heavy atom. The Morgan fingerprint density at radius 2 is 1.88 bits per heavy atom. The maximum absolute atomic E-state index is 13.3. The number of methoxy groups -OCH3 is 1. The summed E-state index contributed by atoms with van der Waals surface area (Å²) in [5.41, 5.74) is 2.29. The van der Waals surface area contributed by atoms with Crippen LogP contribution in [-0.4, -0.2) is 73.8 Å². The average molecular weight is 487 g/mol. The van der Waals surface area contributed by atoms with Gasteiger partial charge >= 0.3 is 0 Å². The van der Waals surface area contributed by atoms with E-state index in [1.54, 1.807) is 23.1 Å². The number of thiophene rings is 1. The topological polar surface area (TPSA) is 84.7 Å². The zero-order chi connectivity index (χ0) is 23.0. The predicted octanol–water partition coefficient (Wildman–Crippen LogP) is 2.94. The fraction of sp³-hybridized carbons (Fsp3) is 0.391. The van der Waals surface area contributed by atoms with Gasteiger partial charge in [0.25, 0.3) is 5.91 Å². The highest BCUT2D eigenvalue weighted by Gasteiger charge is 2.33. The smallest absolute Gasteiger partial charge is 0.274 e. The molecule has 2 aliphatic heterocycles. The van der Waals surface area contributed by atoms with Crippen molar-refractivity contribution in [3.63, 3.8) is 0 Å². The van der Waals surface area contributed by atoms with Crippen LogP contribution in [0.5, 0.6) is 5.75 Å². The Hall–Kier alpha value is -2.85. The van der Waals surface area contributed by atoms with Gasteiger partial charge in [-0.25, -0.2) is 8.42 Å². The highest BCUT2D eigenvalue weighted by molar-refractivity contribution is 7.91. The summed E-state index contributed by atoms with van der Waals surface area (Å²) in [7, 11) is -1.41. The quantitative estimate of drug-likeness (QED) is 0.551. The van der Waals surface area contributed by atoms with Gasteiger partial charge in [-0.15, -0.1) is 11.3 Å². The fourth-order valence-corrected chi connectivity index (χ4v) is 6.90. The summed E-state index contributed by atoms with van der Waals surface area (Å²) < 4.78 is 31.1. The number of aromatic nitrogens is 2. The molecule has 10 heteroatoms. The SMILES string of the molecule is COc1ccc(N2CCN(C(=O)c3cc(-c4cccs4)n(C4CCS(=O)(=O)C4)n3)CC2)cc1. The third kappa shape index (κ3) is 4.49. The van der Waals surface area contributed by atoms with Crippen LogP contribution in [0.25, 0.3) is 10.6 Å². The number of anilines is 1. The van der Waals surface area contributed by atoms with Crippen LogP contribution in [0.1, 0.15) is 23.0 Å². The number of carbonyl (C=O) groups excluding carboxylic acids is 1. The molecule has 0 N–H and O–H groups in total. The summed E-state index contributed by atoms with van der Waals surface area (Å²) >= 11 is 1.56. The molecule has 2 saturated heterocycles. The Balaban J connectivity index is 1.33. The molecule has 1 amide bonds. The standard InChI is InChI=1S/C23H26N4O4S2/c1-31-19-6-4-17(5-7-19)25-9-11-26(12-10-25)23(28)20-15-21(22-3-2-13-32-22)27(24-20)18-8-14-33(29,30)16-18/h2-7,13,15,18H,8-12,14,16H2,1H3. The number of benzene rings is 1. The van der Waals surface area contributed by atoms with E-state index in [4.69, 9.17) is 4.74 Å². The van der Waals surface area contributed by atoms with E-state index in [-0.39, 0.29) is 23.5 Å². The number of hydrogen-bond acceptors (Lipinski definition) is 7. The van der Waals surface area contributed by atoms with Crippen LogP contribution in [0.3, 0.4) is 0 Å². The third-order valence-corrected chi connectivity index (χ3v) is 8.93. The Labute approximate surface area is 197 Å². The first-order chi connectivity index (χ1) is 15.9. The van der Waals surface area contributed by atoms with Crippen molar-refractivity contribution in [2.45, 2.75) is 12.5 Å². The van der Waals surface area contributed by atoms with Gasteiger partial charge in [-0.05, 0) is 48.2 Å². The van der Waals surface area contributed by atoms with Crippen LogP contribution in [0.2, 0.25) is 0 Å². The molecule has 1 atom stereocenters. The number of amides is 1. The molecule has 2 fully saturated rings. The molecule has 0 spiro atoms. The maximum Gasteiger partial charge on any atom is 0.274 e. The van der Waals surface area contributed by atoms with E-state index >= 15 is 0 Å². The average Bonchev–Trinajstić information content (AvgIpc) is 3.58. The van der Waals surface area contributed by atoms with E-state index in [1.807, 2.05) is 52.7 Å². The van der Waals surface area contributed by atoms with Crippen LogP contribution < -0.4 is 9.64 Å². The number of carbonyl (C=O) groups is 1. The number of hydrogen-bond donors (Lipinski definition) is 0. The zero-order valence-electron chi connectivity index (χ0n) is 18.4. The lowest BCUT2D eigenvalue weighted by molar-refractivity contribution is 0.0739. The van der Waals surface area contributed by atoms with Gasteiger partial charge in [-0.2, -0.15) is 5.10 Å². The van der Waals surface area contributed by atoms with Gasteiger partial charge in [-0.3, -0.25) is 9.48 Å². The number of piperazine rings is 1. The van der Waals surface area contributed by atoms with Gasteiger partial charge in [-0.1, -0.05) is 6.07 Å². The monoisotopic (exact) mass is 486 g/mol. The van der Waals surface area contributed by atoms with E-state index in [2.05, 4.69) is 10.00 Å². The number of nitrogens with zero attached hydrogens (tertiary/aromatic N) is 4. The predicted molar refractivity (Wildman–Crippen MR) is 129 cm³/mol. The minimum atomic E-state index is -3.06. The molecule has 2 aliphatic rings. The fourth-order valence-electron chi connectivity index (χ4n) is 4.48.